The average molecular weight is 315 g/mol. The van der Waals surface area contributed by atoms with Gasteiger partial charge in [0.1, 0.15) is 11.3 Å². The number of hydrogen-bond acceptors (Lipinski definition) is 4. The maximum atomic E-state index is 12.2. The molecule has 1 aromatic rings. The molecule has 0 fully saturated rings. The zero-order chi connectivity index (χ0) is 16.8. The number of amides is 1. The highest BCUT2D eigenvalue weighted by Gasteiger charge is 2.35. The Bertz CT molecular complexity index is 536. The van der Waals surface area contributed by atoms with Crippen LogP contribution >= 0.6 is 0 Å². The van der Waals surface area contributed by atoms with Crippen LogP contribution in [0.1, 0.15) is 37.0 Å². The molecule has 0 heterocycles. The topological polar surface area (TPSA) is 64.6 Å². The number of ether oxygens (including phenoxy) is 2. The van der Waals surface area contributed by atoms with Crippen LogP contribution in [0.4, 0.5) is 8.78 Å². The lowest BCUT2D eigenvalue weighted by atomic mass is 9.95. The molecule has 5 nitrogen and oxygen atoms in total. The van der Waals surface area contributed by atoms with E-state index in [1.807, 2.05) is 6.92 Å². The summed E-state index contributed by atoms with van der Waals surface area (Å²) in [6.45, 7) is 0.447. The standard InChI is InChI=1S/C15H19F2NO4/c1-4-8-15(2,13(20)21-3)18-12(19)10-6-5-7-11(9-10)22-14(16)17/h5-7,9,14H,4,8H2,1-3H3,(H,18,19). The van der Waals surface area contributed by atoms with E-state index in [2.05, 4.69) is 10.1 Å². The minimum absolute atomic E-state index is 0.115. The molecular formula is C15H19F2NO4. The van der Waals surface area contributed by atoms with Gasteiger partial charge in [-0.1, -0.05) is 19.4 Å². The van der Waals surface area contributed by atoms with Crippen LogP contribution in [0.3, 0.4) is 0 Å². The van der Waals surface area contributed by atoms with Crippen molar-refractivity contribution in [1.82, 2.24) is 5.32 Å². The molecule has 1 aromatic carbocycles. The van der Waals surface area contributed by atoms with Gasteiger partial charge in [-0.05, 0) is 31.5 Å². The molecule has 1 amide bonds. The Balaban J connectivity index is 2.93. The van der Waals surface area contributed by atoms with Gasteiger partial charge < -0.3 is 14.8 Å². The minimum Gasteiger partial charge on any atom is -0.467 e. The molecule has 0 spiro atoms. The summed E-state index contributed by atoms with van der Waals surface area (Å²) in [5.74, 6) is -1.26. The van der Waals surface area contributed by atoms with E-state index in [0.29, 0.717) is 12.8 Å². The predicted molar refractivity (Wildman–Crippen MR) is 75.9 cm³/mol. The fourth-order valence-corrected chi connectivity index (χ4v) is 2.08. The molecule has 0 aliphatic rings. The molecule has 1 N–H and O–H groups in total. The van der Waals surface area contributed by atoms with Gasteiger partial charge in [-0.2, -0.15) is 8.78 Å². The summed E-state index contributed by atoms with van der Waals surface area (Å²) in [5.41, 5.74) is -1.07. The van der Waals surface area contributed by atoms with Crippen molar-refractivity contribution < 1.29 is 27.8 Å². The van der Waals surface area contributed by atoms with Crippen molar-refractivity contribution in [3.05, 3.63) is 29.8 Å². The Morgan fingerprint density at radius 3 is 2.59 bits per heavy atom. The summed E-state index contributed by atoms with van der Waals surface area (Å²) in [5, 5.41) is 2.59. The van der Waals surface area contributed by atoms with E-state index in [-0.39, 0.29) is 11.3 Å². The Morgan fingerprint density at radius 2 is 2.05 bits per heavy atom. The fraction of sp³-hybridized carbons (Fsp3) is 0.467. The fourth-order valence-electron chi connectivity index (χ4n) is 2.08. The number of nitrogens with one attached hydrogen (secondary N) is 1. The lowest BCUT2D eigenvalue weighted by Gasteiger charge is -2.27. The maximum Gasteiger partial charge on any atom is 0.387 e. The van der Waals surface area contributed by atoms with E-state index in [1.54, 1.807) is 6.92 Å². The van der Waals surface area contributed by atoms with Crippen LogP contribution in [0.2, 0.25) is 0 Å². The van der Waals surface area contributed by atoms with E-state index in [9.17, 15) is 18.4 Å². The van der Waals surface area contributed by atoms with Gasteiger partial charge in [0, 0.05) is 5.56 Å². The molecule has 22 heavy (non-hydrogen) atoms. The molecule has 1 atom stereocenters. The van der Waals surface area contributed by atoms with E-state index in [1.165, 1.54) is 31.4 Å². The maximum absolute atomic E-state index is 12.2. The first-order valence-electron chi connectivity index (χ1n) is 6.78. The second kappa shape index (κ2) is 7.72. The van der Waals surface area contributed by atoms with Crippen molar-refractivity contribution in [2.45, 2.75) is 38.8 Å². The van der Waals surface area contributed by atoms with Crippen molar-refractivity contribution in [2.24, 2.45) is 0 Å². The number of alkyl halides is 2. The third-order valence-corrected chi connectivity index (χ3v) is 3.10. The highest BCUT2D eigenvalue weighted by molar-refractivity contribution is 5.98. The van der Waals surface area contributed by atoms with E-state index in [0.717, 1.165) is 0 Å². The quantitative estimate of drug-likeness (QED) is 0.786. The third kappa shape index (κ3) is 4.68. The second-order valence-electron chi connectivity index (χ2n) is 4.93. The van der Waals surface area contributed by atoms with Crippen LogP contribution in [0.5, 0.6) is 5.75 Å². The largest absolute Gasteiger partial charge is 0.467 e. The number of benzene rings is 1. The van der Waals surface area contributed by atoms with Crippen molar-refractivity contribution in [3.8, 4) is 5.75 Å². The number of methoxy groups -OCH3 is 1. The first-order chi connectivity index (χ1) is 10.3. The highest BCUT2D eigenvalue weighted by Crippen LogP contribution is 2.19. The smallest absolute Gasteiger partial charge is 0.387 e. The number of carbonyl (C=O) groups excluding carboxylic acids is 2. The van der Waals surface area contributed by atoms with Gasteiger partial charge in [0.2, 0.25) is 0 Å². The van der Waals surface area contributed by atoms with Crippen LogP contribution in [-0.4, -0.2) is 31.1 Å². The Morgan fingerprint density at radius 1 is 1.36 bits per heavy atom. The Hall–Kier alpha value is -2.18. The normalized spacial score (nSPS) is 13.4. The van der Waals surface area contributed by atoms with Crippen LogP contribution in [0.15, 0.2) is 24.3 Å². The summed E-state index contributed by atoms with van der Waals surface area (Å²) in [4.78, 5) is 24.1. The second-order valence-corrected chi connectivity index (χ2v) is 4.93. The summed E-state index contributed by atoms with van der Waals surface area (Å²) < 4.78 is 33.3. The van der Waals surface area contributed by atoms with Gasteiger partial charge in [-0.15, -0.1) is 0 Å². The summed E-state index contributed by atoms with van der Waals surface area (Å²) in [6, 6.07) is 5.36. The van der Waals surface area contributed by atoms with Crippen LogP contribution in [0, 0.1) is 0 Å². The molecule has 122 valence electrons. The lowest BCUT2D eigenvalue weighted by molar-refractivity contribution is -0.147. The number of carbonyl (C=O) groups is 2. The average Bonchev–Trinajstić information content (AvgIpc) is 2.46. The van der Waals surface area contributed by atoms with Crippen LogP contribution in [-0.2, 0) is 9.53 Å². The highest BCUT2D eigenvalue weighted by atomic mass is 19.3. The van der Waals surface area contributed by atoms with Crippen LogP contribution in [0.25, 0.3) is 0 Å². The molecule has 0 aliphatic heterocycles. The third-order valence-electron chi connectivity index (χ3n) is 3.10. The molecule has 0 aliphatic carbocycles. The van der Waals surface area contributed by atoms with Gasteiger partial charge in [-0.3, -0.25) is 4.79 Å². The first-order valence-corrected chi connectivity index (χ1v) is 6.78. The molecule has 0 aromatic heterocycles. The number of hydrogen-bond donors (Lipinski definition) is 1. The van der Waals surface area contributed by atoms with E-state index >= 15 is 0 Å². The summed E-state index contributed by atoms with van der Waals surface area (Å²) in [6.07, 6.45) is 1.04. The Labute approximate surface area is 127 Å². The molecule has 1 unspecified atom stereocenters. The van der Waals surface area contributed by atoms with Crippen molar-refractivity contribution in [1.29, 1.82) is 0 Å². The Kier molecular flexibility index (Phi) is 6.27. The number of halogens is 2. The molecule has 7 heteroatoms. The minimum atomic E-state index is -2.97. The van der Waals surface area contributed by atoms with Crippen molar-refractivity contribution in [2.75, 3.05) is 7.11 Å². The van der Waals surface area contributed by atoms with E-state index in [4.69, 9.17) is 4.74 Å². The van der Waals surface area contributed by atoms with Gasteiger partial charge in [-0.25, -0.2) is 4.79 Å². The zero-order valence-electron chi connectivity index (χ0n) is 12.7. The van der Waals surface area contributed by atoms with Gasteiger partial charge in [0.25, 0.3) is 5.91 Å². The van der Waals surface area contributed by atoms with Crippen molar-refractivity contribution in [3.63, 3.8) is 0 Å². The molecule has 1 rings (SSSR count). The monoisotopic (exact) mass is 315 g/mol. The molecule has 0 radical (unpaired) electrons. The predicted octanol–water partition coefficient (Wildman–Crippen LogP) is 2.75. The first kappa shape index (κ1) is 17.9. The van der Waals surface area contributed by atoms with Gasteiger partial charge in [0.05, 0.1) is 7.11 Å². The van der Waals surface area contributed by atoms with Gasteiger partial charge in [0.15, 0.2) is 0 Å². The van der Waals surface area contributed by atoms with Crippen molar-refractivity contribution >= 4 is 11.9 Å². The SMILES string of the molecule is CCCC(C)(NC(=O)c1cccc(OC(F)F)c1)C(=O)OC. The molecule has 0 bridgehead atoms. The number of esters is 1. The van der Waals surface area contributed by atoms with E-state index < -0.39 is 24.0 Å². The number of rotatable bonds is 7. The molecule has 0 saturated carbocycles. The van der Waals surface area contributed by atoms with Gasteiger partial charge >= 0.3 is 12.6 Å². The zero-order valence-corrected chi connectivity index (χ0v) is 12.7. The summed E-state index contributed by atoms with van der Waals surface area (Å²) >= 11 is 0. The molecular weight excluding hydrogens is 296 g/mol. The molecule has 0 saturated heterocycles. The van der Waals surface area contributed by atoms with Crippen LogP contribution < -0.4 is 10.1 Å². The summed E-state index contributed by atoms with van der Waals surface area (Å²) in [7, 11) is 1.24. The lowest BCUT2D eigenvalue weighted by Crippen LogP contribution is -2.52.